The van der Waals surface area contributed by atoms with Gasteiger partial charge in [0.25, 0.3) is 0 Å². The van der Waals surface area contributed by atoms with Crippen molar-refractivity contribution in [2.24, 2.45) is 0 Å². The molecule has 2 aromatic carbocycles. The third-order valence-corrected chi connectivity index (χ3v) is 4.08. The SMILES string of the molecule is COc1ccc(SC(C)CC(=O)c2ccccc2)cc1. The molecule has 0 saturated heterocycles. The van der Waals surface area contributed by atoms with Gasteiger partial charge in [0.1, 0.15) is 5.75 Å². The number of Topliss-reactive ketones (excluding diaryl/α,β-unsaturated/α-hetero) is 1. The quantitative estimate of drug-likeness (QED) is 0.579. The molecule has 2 rings (SSSR count). The Bertz CT molecular complexity index is 549. The Labute approximate surface area is 124 Å². The highest BCUT2D eigenvalue weighted by molar-refractivity contribution is 8.00. The molecule has 0 radical (unpaired) electrons. The van der Waals surface area contributed by atoms with Crippen LogP contribution in [-0.2, 0) is 0 Å². The third kappa shape index (κ3) is 4.14. The summed E-state index contributed by atoms with van der Waals surface area (Å²) in [5, 5.41) is 0.246. The maximum absolute atomic E-state index is 12.1. The van der Waals surface area contributed by atoms with Gasteiger partial charge in [-0.15, -0.1) is 11.8 Å². The number of hydrogen-bond acceptors (Lipinski definition) is 3. The van der Waals surface area contributed by atoms with Gasteiger partial charge < -0.3 is 4.74 Å². The van der Waals surface area contributed by atoms with Crippen LogP contribution in [0.4, 0.5) is 0 Å². The van der Waals surface area contributed by atoms with Crippen LogP contribution >= 0.6 is 11.8 Å². The Morgan fingerprint density at radius 1 is 1.10 bits per heavy atom. The zero-order valence-corrected chi connectivity index (χ0v) is 12.5. The second kappa shape index (κ2) is 7.15. The summed E-state index contributed by atoms with van der Waals surface area (Å²) in [6.07, 6.45) is 0.542. The number of carbonyl (C=O) groups excluding carboxylic acids is 1. The predicted molar refractivity (Wildman–Crippen MR) is 83.7 cm³/mol. The van der Waals surface area contributed by atoms with Gasteiger partial charge in [-0.1, -0.05) is 37.3 Å². The molecule has 0 saturated carbocycles. The molecule has 3 heteroatoms. The summed E-state index contributed by atoms with van der Waals surface area (Å²) in [6, 6.07) is 17.4. The van der Waals surface area contributed by atoms with Gasteiger partial charge in [-0.05, 0) is 24.3 Å². The van der Waals surface area contributed by atoms with Crippen molar-refractivity contribution in [2.45, 2.75) is 23.5 Å². The molecule has 0 aliphatic rings. The van der Waals surface area contributed by atoms with Gasteiger partial charge in [-0.2, -0.15) is 0 Å². The fourth-order valence-corrected chi connectivity index (χ4v) is 2.92. The van der Waals surface area contributed by atoms with Crippen LogP contribution in [0.15, 0.2) is 59.5 Å². The first-order valence-corrected chi connectivity index (χ1v) is 7.46. The Kier molecular flexibility index (Phi) is 5.24. The summed E-state index contributed by atoms with van der Waals surface area (Å²) < 4.78 is 5.13. The molecule has 0 aliphatic heterocycles. The maximum Gasteiger partial charge on any atom is 0.163 e. The van der Waals surface area contributed by atoms with E-state index in [2.05, 4.69) is 6.92 Å². The summed E-state index contributed by atoms with van der Waals surface area (Å²) in [5.41, 5.74) is 0.787. The number of methoxy groups -OCH3 is 1. The highest BCUT2D eigenvalue weighted by Crippen LogP contribution is 2.27. The molecular weight excluding hydrogens is 268 g/mol. The molecule has 0 amide bonds. The lowest BCUT2D eigenvalue weighted by molar-refractivity contribution is 0.0983. The number of rotatable bonds is 6. The third-order valence-electron chi connectivity index (χ3n) is 2.97. The standard InChI is InChI=1S/C17H18O2S/c1-13(12-17(18)14-6-4-3-5-7-14)20-16-10-8-15(19-2)9-11-16/h3-11,13H,12H2,1-2H3. The van der Waals surface area contributed by atoms with Gasteiger partial charge in [0.2, 0.25) is 0 Å². The number of ketones is 1. The molecule has 0 fully saturated rings. The van der Waals surface area contributed by atoms with Crippen LogP contribution in [0.3, 0.4) is 0 Å². The number of benzene rings is 2. The highest BCUT2D eigenvalue weighted by atomic mass is 32.2. The molecule has 0 bridgehead atoms. The summed E-state index contributed by atoms with van der Waals surface area (Å²) in [6.45, 7) is 2.08. The van der Waals surface area contributed by atoms with Crippen LogP contribution < -0.4 is 4.74 Å². The van der Waals surface area contributed by atoms with Crippen LogP contribution in [0.5, 0.6) is 5.75 Å². The Hall–Kier alpha value is -1.74. The van der Waals surface area contributed by atoms with E-state index in [1.165, 1.54) is 0 Å². The molecule has 20 heavy (non-hydrogen) atoms. The monoisotopic (exact) mass is 286 g/mol. The first-order chi connectivity index (χ1) is 9.69. The molecule has 0 aliphatic carbocycles. The van der Waals surface area contributed by atoms with Crippen molar-refractivity contribution in [3.63, 3.8) is 0 Å². The van der Waals surface area contributed by atoms with Crippen molar-refractivity contribution < 1.29 is 9.53 Å². The number of thioether (sulfide) groups is 1. The van der Waals surface area contributed by atoms with Crippen LogP contribution in [0.1, 0.15) is 23.7 Å². The van der Waals surface area contributed by atoms with E-state index < -0.39 is 0 Å². The predicted octanol–water partition coefficient (Wildman–Crippen LogP) is 4.45. The second-order valence-electron chi connectivity index (χ2n) is 4.60. The smallest absolute Gasteiger partial charge is 0.163 e. The molecule has 2 aromatic rings. The first kappa shape index (κ1) is 14.7. The van der Waals surface area contributed by atoms with Crippen LogP contribution in [0.25, 0.3) is 0 Å². The van der Waals surface area contributed by atoms with E-state index in [1.807, 2.05) is 54.6 Å². The van der Waals surface area contributed by atoms with Crippen LogP contribution in [0, 0.1) is 0 Å². The molecule has 1 atom stereocenters. The number of ether oxygens (including phenoxy) is 1. The molecule has 0 aromatic heterocycles. The summed E-state index contributed by atoms with van der Waals surface area (Å²) in [4.78, 5) is 13.3. The molecule has 0 N–H and O–H groups in total. The summed E-state index contributed by atoms with van der Waals surface area (Å²) in [7, 11) is 1.66. The van der Waals surface area contributed by atoms with Crippen molar-refractivity contribution in [2.75, 3.05) is 7.11 Å². The van der Waals surface area contributed by atoms with Gasteiger partial charge in [0.15, 0.2) is 5.78 Å². The lowest BCUT2D eigenvalue weighted by Crippen LogP contribution is -2.07. The lowest BCUT2D eigenvalue weighted by atomic mass is 10.1. The van der Waals surface area contributed by atoms with Gasteiger partial charge in [-0.25, -0.2) is 0 Å². The minimum absolute atomic E-state index is 0.194. The summed E-state index contributed by atoms with van der Waals surface area (Å²) >= 11 is 1.71. The molecule has 0 spiro atoms. The molecule has 104 valence electrons. The van der Waals surface area contributed by atoms with Gasteiger partial charge in [0, 0.05) is 22.1 Å². The zero-order chi connectivity index (χ0) is 14.4. The Morgan fingerprint density at radius 2 is 1.75 bits per heavy atom. The lowest BCUT2D eigenvalue weighted by Gasteiger charge is -2.11. The first-order valence-electron chi connectivity index (χ1n) is 6.58. The largest absolute Gasteiger partial charge is 0.497 e. The minimum Gasteiger partial charge on any atom is -0.497 e. The van der Waals surface area contributed by atoms with Crippen molar-refractivity contribution in [1.82, 2.24) is 0 Å². The fraction of sp³-hybridized carbons (Fsp3) is 0.235. The molecule has 0 heterocycles. The molecule has 2 nitrogen and oxygen atoms in total. The fourth-order valence-electron chi connectivity index (χ4n) is 1.93. The van der Waals surface area contributed by atoms with Crippen molar-refractivity contribution >= 4 is 17.5 Å². The summed E-state index contributed by atoms with van der Waals surface area (Å²) in [5.74, 6) is 1.04. The molecule has 1 unspecified atom stereocenters. The van der Waals surface area contributed by atoms with Gasteiger partial charge in [-0.3, -0.25) is 4.79 Å². The molecular formula is C17H18O2S. The van der Waals surface area contributed by atoms with E-state index >= 15 is 0 Å². The average molecular weight is 286 g/mol. The van der Waals surface area contributed by atoms with Crippen molar-refractivity contribution in [1.29, 1.82) is 0 Å². The van der Waals surface area contributed by atoms with E-state index in [-0.39, 0.29) is 11.0 Å². The normalized spacial score (nSPS) is 11.9. The van der Waals surface area contributed by atoms with Crippen LogP contribution in [-0.4, -0.2) is 18.1 Å². The van der Waals surface area contributed by atoms with Crippen molar-refractivity contribution in [3.8, 4) is 5.75 Å². The van der Waals surface area contributed by atoms with E-state index in [4.69, 9.17) is 4.74 Å². The second-order valence-corrected chi connectivity index (χ2v) is 6.11. The average Bonchev–Trinajstić information content (AvgIpc) is 2.49. The Balaban J connectivity index is 1.91. The van der Waals surface area contributed by atoms with E-state index in [0.29, 0.717) is 6.42 Å². The number of hydrogen-bond donors (Lipinski definition) is 0. The van der Waals surface area contributed by atoms with E-state index in [1.54, 1.807) is 18.9 Å². The van der Waals surface area contributed by atoms with E-state index in [0.717, 1.165) is 16.2 Å². The zero-order valence-electron chi connectivity index (χ0n) is 11.7. The van der Waals surface area contributed by atoms with Crippen LogP contribution in [0.2, 0.25) is 0 Å². The highest BCUT2D eigenvalue weighted by Gasteiger charge is 2.12. The Morgan fingerprint density at radius 3 is 2.35 bits per heavy atom. The maximum atomic E-state index is 12.1. The number of carbonyl (C=O) groups is 1. The van der Waals surface area contributed by atoms with Crippen molar-refractivity contribution in [3.05, 3.63) is 60.2 Å². The van der Waals surface area contributed by atoms with Gasteiger partial charge in [0.05, 0.1) is 7.11 Å². The van der Waals surface area contributed by atoms with Gasteiger partial charge >= 0.3 is 0 Å². The van der Waals surface area contributed by atoms with E-state index in [9.17, 15) is 4.79 Å². The minimum atomic E-state index is 0.194. The topological polar surface area (TPSA) is 26.3 Å².